The van der Waals surface area contributed by atoms with Crippen molar-refractivity contribution in [1.29, 1.82) is 0 Å². The molecule has 0 atom stereocenters. The minimum absolute atomic E-state index is 0.155. The van der Waals surface area contributed by atoms with E-state index in [2.05, 4.69) is 0 Å². The molecule has 0 aliphatic rings. The molecule has 2 aromatic rings. The molecule has 2 N–H and O–H groups in total. The van der Waals surface area contributed by atoms with Crippen molar-refractivity contribution in [3.05, 3.63) is 64.7 Å². The number of rotatable bonds is 3. The van der Waals surface area contributed by atoms with Gasteiger partial charge in [-0.25, -0.2) is 18.0 Å². The molecule has 2 rings (SSSR count). The first-order chi connectivity index (χ1) is 14.1. The van der Waals surface area contributed by atoms with Crippen molar-refractivity contribution < 1.29 is 49.1 Å². The lowest BCUT2D eigenvalue weighted by Crippen LogP contribution is -2.50. The standard InChI is InChI=1S/C18H11F9N2O2/c1-8-7-9(16(21,17(22,23)24)18(25,26)27)5-6-12(8)28-15(31)29-14(30)13-10(19)3-2-4-11(13)20/h2-7H,1H3,(H2,28,29,30,31). The van der Waals surface area contributed by atoms with E-state index in [1.807, 2.05) is 5.32 Å². The van der Waals surface area contributed by atoms with Gasteiger partial charge < -0.3 is 5.32 Å². The number of carbonyl (C=O) groups is 2. The first-order valence-corrected chi connectivity index (χ1v) is 8.09. The molecular formula is C18H11F9N2O2. The minimum Gasteiger partial charge on any atom is -0.307 e. The molecule has 4 nitrogen and oxygen atoms in total. The van der Waals surface area contributed by atoms with Crippen LogP contribution in [-0.2, 0) is 5.67 Å². The van der Waals surface area contributed by atoms with Gasteiger partial charge in [-0.15, -0.1) is 0 Å². The summed E-state index contributed by atoms with van der Waals surface area (Å²) in [7, 11) is 0. The number of halogens is 9. The van der Waals surface area contributed by atoms with Crippen LogP contribution >= 0.6 is 0 Å². The number of anilines is 1. The van der Waals surface area contributed by atoms with Crippen LogP contribution in [0, 0.1) is 18.6 Å². The lowest BCUT2D eigenvalue weighted by molar-refractivity contribution is -0.348. The third-order valence-corrected chi connectivity index (χ3v) is 4.07. The second kappa shape index (κ2) is 8.12. The van der Waals surface area contributed by atoms with Crippen LogP contribution in [0.5, 0.6) is 0 Å². The first kappa shape index (κ1) is 24.0. The van der Waals surface area contributed by atoms with E-state index >= 15 is 0 Å². The topological polar surface area (TPSA) is 58.2 Å². The number of carbonyl (C=O) groups excluding carboxylic acids is 2. The predicted octanol–water partition coefficient (Wildman–Crippen LogP) is 5.52. The predicted molar refractivity (Wildman–Crippen MR) is 88.9 cm³/mol. The van der Waals surface area contributed by atoms with E-state index in [4.69, 9.17) is 0 Å². The van der Waals surface area contributed by atoms with Crippen LogP contribution in [0.1, 0.15) is 21.5 Å². The van der Waals surface area contributed by atoms with Gasteiger partial charge in [-0.3, -0.25) is 10.1 Å². The van der Waals surface area contributed by atoms with E-state index in [-0.39, 0.29) is 12.1 Å². The van der Waals surface area contributed by atoms with Crippen LogP contribution in [0.3, 0.4) is 0 Å². The first-order valence-electron chi connectivity index (χ1n) is 8.09. The maximum Gasteiger partial charge on any atom is 0.435 e. The van der Waals surface area contributed by atoms with Crippen molar-refractivity contribution in [2.24, 2.45) is 0 Å². The fourth-order valence-corrected chi connectivity index (χ4v) is 2.54. The Morgan fingerprint density at radius 2 is 1.35 bits per heavy atom. The van der Waals surface area contributed by atoms with Crippen LogP contribution in [0.4, 0.5) is 50.0 Å². The molecule has 0 radical (unpaired) electrons. The van der Waals surface area contributed by atoms with Crippen molar-refractivity contribution in [3.63, 3.8) is 0 Å². The van der Waals surface area contributed by atoms with Crippen molar-refractivity contribution in [3.8, 4) is 0 Å². The van der Waals surface area contributed by atoms with Gasteiger partial charge in [-0.05, 0) is 30.7 Å². The summed E-state index contributed by atoms with van der Waals surface area (Å²) in [5.74, 6) is -4.08. The van der Waals surface area contributed by atoms with Gasteiger partial charge in [0.25, 0.3) is 5.91 Å². The number of alkyl halides is 7. The fraction of sp³-hybridized carbons (Fsp3) is 0.222. The highest BCUT2D eigenvalue weighted by molar-refractivity contribution is 6.08. The Bertz CT molecular complexity index is 982. The Morgan fingerprint density at radius 3 is 1.81 bits per heavy atom. The lowest BCUT2D eigenvalue weighted by Gasteiger charge is -2.30. The Morgan fingerprint density at radius 1 is 0.839 bits per heavy atom. The van der Waals surface area contributed by atoms with Crippen LogP contribution in [0.2, 0.25) is 0 Å². The molecule has 0 bridgehead atoms. The van der Waals surface area contributed by atoms with Gasteiger partial charge in [0.05, 0.1) is 0 Å². The average Bonchev–Trinajstić information content (AvgIpc) is 2.60. The molecule has 31 heavy (non-hydrogen) atoms. The summed E-state index contributed by atoms with van der Waals surface area (Å²) < 4.78 is 118. The molecule has 0 aliphatic heterocycles. The summed E-state index contributed by atoms with van der Waals surface area (Å²) >= 11 is 0. The van der Waals surface area contributed by atoms with E-state index in [1.54, 1.807) is 5.32 Å². The number of hydrogen-bond acceptors (Lipinski definition) is 2. The van der Waals surface area contributed by atoms with Crippen LogP contribution in [0.25, 0.3) is 0 Å². The number of hydrogen-bond donors (Lipinski definition) is 2. The van der Waals surface area contributed by atoms with Crippen molar-refractivity contribution in [2.45, 2.75) is 24.9 Å². The monoisotopic (exact) mass is 458 g/mol. The largest absolute Gasteiger partial charge is 0.435 e. The summed E-state index contributed by atoms with van der Waals surface area (Å²) in [6, 6.07) is 1.95. The van der Waals surface area contributed by atoms with Crippen LogP contribution in [0.15, 0.2) is 36.4 Å². The highest BCUT2D eigenvalue weighted by Gasteiger charge is 2.73. The van der Waals surface area contributed by atoms with Gasteiger partial charge in [0, 0.05) is 11.3 Å². The normalized spacial score (nSPS) is 12.5. The summed E-state index contributed by atoms with van der Waals surface area (Å²) in [4.78, 5) is 23.7. The zero-order valence-corrected chi connectivity index (χ0v) is 15.2. The molecule has 0 saturated carbocycles. The molecule has 0 aromatic heterocycles. The molecule has 168 valence electrons. The van der Waals surface area contributed by atoms with E-state index in [0.29, 0.717) is 6.07 Å². The molecule has 0 unspecified atom stereocenters. The summed E-state index contributed by atoms with van der Waals surface area (Å²) in [6.45, 7) is 0.963. The second-order valence-corrected chi connectivity index (χ2v) is 6.19. The third kappa shape index (κ3) is 4.59. The summed E-state index contributed by atoms with van der Waals surface area (Å²) in [5.41, 5.74) is -9.35. The second-order valence-electron chi connectivity index (χ2n) is 6.19. The van der Waals surface area contributed by atoms with E-state index in [0.717, 1.165) is 25.1 Å². The van der Waals surface area contributed by atoms with Crippen molar-refractivity contribution in [1.82, 2.24) is 5.32 Å². The maximum absolute atomic E-state index is 14.1. The fourth-order valence-electron chi connectivity index (χ4n) is 2.54. The Balaban J connectivity index is 2.26. The summed E-state index contributed by atoms with van der Waals surface area (Å²) in [6.07, 6.45) is -12.6. The molecular weight excluding hydrogens is 447 g/mol. The van der Waals surface area contributed by atoms with Gasteiger partial charge in [-0.1, -0.05) is 18.2 Å². The SMILES string of the molecule is Cc1cc(C(F)(C(F)(F)F)C(F)(F)F)ccc1NC(=O)NC(=O)c1c(F)cccc1F. The lowest BCUT2D eigenvalue weighted by atomic mass is 9.92. The molecule has 0 spiro atoms. The molecule has 0 aliphatic carbocycles. The van der Waals surface area contributed by atoms with Gasteiger partial charge in [0.2, 0.25) is 0 Å². The number of imide groups is 1. The Kier molecular flexibility index (Phi) is 6.29. The maximum atomic E-state index is 14.1. The number of nitrogens with one attached hydrogen (secondary N) is 2. The number of aryl methyl sites for hydroxylation is 1. The Hall–Kier alpha value is -3.25. The number of amides is 3. The summed E-state index contributed by atoms with van der Waals surface area (Å²) in [5, 5.41) is 3.45. The zero-order chi connectivity index (χ0) is 23.8. The number of urea groups is 1. The molecule has 0 saturated heterocycles. The van der Waals surface area contributed by atoms with Crippen LogP contribution in [-0.4, -0.2) is 24.3 Å². The highest BCUT2D eigenvalue weighted by atomic mass is 19.4. The van der Waals surface area contributed by atoms with Crippen LogP contribution < -0.4 is 10.6 Å². The van der Waals surface area contributed by atoms with Gasteiger partial charge in [0.15, 0.2) is 0 Å². The van der Waals surface area contributed by atoms with Gasteiger partial charge in [0.1, 0.15) is 17.2 Å². The van der Waals surface area contributed by atoms with Crippen molar-refractivity contribution >= 4 is 17.6 Å². The smallest absolute Gasteiger partial charge is 0.307 e. The van der Waals surface area contributed by atoms with Crippen molar-refractivity contribution in [2.75, 3.05) is 5.32 Å². The Labute approximate surface area is 168 Å². The molecule has 0 heterocycles. The third-order valence-electron chi connectivity index (χ3n) is 4.07. The minimum atomic E-state index is -6.32. The highest BCUT2D eigenvalue weighted by Crippen LogP contribution is 2.53. The van der Waals surface area contributed by atoms with E-state index in [1.165, 1.54) is 0 Å². The van der Waals surface area contributed by atoms with Gasteiger partial charge >= 0.3 is 24.1 Å². The molecule has 3 amide bonds. The molecule has 0 fully saturated rings. The molecule has 13 heteroatoms. The van der Waals surface area contributed by atoms with E-state index < -0.39 is 64.0 Å². The molecule has 2 aromatic carbocycles. The number of benzene rings is 2. The van der Waals surface area contributed by atoms with E-state index in [9.17, 15) is 49.1 Å². The quantitative estimate of drug-likeness (QED) is 0.595. The zero-order valence-electron chi connectivity index (χ0n) is 15.2. The van der Waals surface area contributed by atoms with Gasteiger partial charge in [-0.2, -0.15) is 26.3 Å². The average molecular weight is 458 g/mol.